The molecule has 0 aliphatic carbocycles. The number of hydrogen-bond acceptors (Lipinski definition) is 7. The molecule has 0 fully saturated rings. The molecule has 0 aliphatic heterocycles. The average Bonchev–Trinajstić information content (AvgIpc) is 3.15. The fourth-order valence-corrected chi connectivity index (χ4v) is 4.03. The number of carbonyl (C=O) groups excluding carboxylic acids is 1. The van der Waals surface area contributed by atoms with Crippen LogP contribution in [-0.2, 0) is 9.53 Å². The molecule has 8 N–H and O–H groups in total. The van der Waals surface area contributed by atoms with Crippen LogP contribution in [0.5, 0.6) is 0 Å². The quantitative estimate of drug-likeness (QED) is 0.108. The number of rotatable bonds is 10. The Kier molecular flexibility index (Phi) is 16.4. The number of carbonyl (C=O) groups is 1. The maximum absolute atomic E-state index is 10.3. The Morgan fingerprint density at radius 2 is 2.03 bits per heavy atom. The summed E-state index contributed by atoms with van der Waals surface area (Å²) in [5.74, 6) is 1.64. The second-order valence-electron chi connectivity index (χ2n) is 5.50. The SMILES string of the molecule is C=CCOCCSC(C)Sc1ccccc1N.CO.NC(=O)/C=C/c1ccc([NH3+])o1. The van der Waals surface area contributed by atoms with E-state index in [1.807, 2.05) is 30.0 Å². The topological polar surface area (TPSA) is 139 Å². The summed E-state index contributed by atoms with van der Waals surface area (Å²) in [6.07, 6.45) is 4.50. The second kappa shape index (κ2) is 17.7. The van der Waals surface area contributed by atoms with E-state index in [0.29, 0.717) is 22.8 Å². The molecule has 1 atom stereocenters. The second-order valence-corrected chi connectivity index (χ2v) is 8.63. The molecule has 0 saturated heterocycles. The molecule has 1 heterocycles. The summed E-state index contributed by atoms with van der Waals surface area (Å²) in [7, 11) is 1.00. The highest BCUT2D eigenvalue weighted by Gasteiger charge is 2.06. The van der Waals surface area contributed by atoms with Crippen LogP contribution in [0.3, 0.4) is 0 Å². The van der Waals surface area contributed by atoms with Gasteiger partial charge in [-0.3, -0.25) is 10.5 Å². The molecule has 0 bridgehead atoms. The molecule has 0 aliphatic rings. The third kappa shape index (κ3) is 13.9. The number of hydrogen-bond donors (Lipinski definition) is 4. The highest BCUT2D eigenvalue weighted by Crippen LogP contribution is 2.33. The Morgan fingerprint density at radius 1 is 1.33 bits per heavy atom. The standard InChI is InChI=1S/C13H19NOS2.C7H8N2O2.CH4O/c1-3-8-15-9-10-16-11(2)17-13-7-5-4-6-12(13)14;8-6(10)3-1-5-2-4-7(9)11-5;1-2/h3-7,11H,1,8-10,14H2,2H3;1-4H,9H2,(H2,8,10);2H,1H3/p+1/b;3-1+;. The minimum Gasteiger partial charge on any atom is -0.413 e. The first-order valence-corrected chi connectivity index (χ1v) is 11.0. The van der Waals surface area contributed by atoms with E-state index in [1.54, 1.807) is 30.0 Å². The number of ether oxygens (including phenoxy) is 1. The molecule has 1 unspecified atom stereocenters. The summed E-state index contributed by atoms with van der Waals surface area (Å²) in [6.45, 7) is 7.20. The molecule has 0 saturated carbocycles. The van der Waals surface area contributed by atoms with Crippen molar-refractivity contribution in [1.82, 2.24) is 0 Å². The number of nitrogen functional groups attached to an aromatic ring is 1. The van der Waals surface area contributed by atoms with Crippen LogP contribution >= 0.6 is 23.5 Å². The lowest BCUT2D eigenvalue weighted by molar-refractivity contribution is -0.278. The van der Waals surface area contributed by atoms with Crippen molar-refractivity contribution in [2.45, 2.75) is 16.4 Å². The van der Waals surface area contributed by atoms with Gasteiger partial charge >= 0.3 is 0 Å². The van der Waals surface area contributed by atoms with Gasteiger partial charge in [-0.05, 0) is 31.2 Å². The molecule has 30 heavy (non-hydrogen) atoms. The first-order chi connectivity index (χ1) is 14.4. The van der Waals surface area contributed by atoms with E-state index in [-0.39, 0.29) is 0 Å². The van der Waals surface area contributed by atoms with E-state index < -0.39 is 5.91 Å². The van der Waals surface area contributed by atoms with Crippen LogP contribution in [0, 0.1) is 0 Å². The van der Waals surface area contributed by atoms with Crippen LogP contribution < -0.4 is 17.2 Å². The minimum absolute atomic E-state index is 0.479. The smallest absolute Gasteiger partial charge is 0.292 e. The molecular formula is C21H32N3O4S2+. The maximum atomic E-state index is 10.3. The summed E-state index contributed by atoms with van der Waals surface area (Å²) in [6, 6.07) is 11.4. The van der Waals surface area contributed by atoms with E-state index >= 15 is 0 Å². The van der Waals surface area contributed by atoms with Gasteiger partial charge in [0, 0.05) is 35.6 Å². The molecule has 1 aromatic heterocycles. The van der Waals surface area contributed by atoms with Gasteiger partial charge in [0.05, 0.1) is 17.8 Å². The monoisotopic (exact) mass is 454 g/mol. The number of nitrogens with two attached hydrogens (primary N) is 2. The van der Waals surface area contributed by atoms with E-state index in [9.17, 15) is 4.79 Å². The third-order valence-corrected chi connectivity index (χ3v) is 5.65. The van der Waals surface area contributed by atoms with Crippen LogP contribution in [0.15, 0.2) is 64.4 Å². The first kappa shape index (κ1) is 27.8. The van der Waals surface area contributed by atoms with Crippen molar-refractivity contribution in [2.75, 3.05) is 31.8 Å². The molecule has 1 aromatic carbocycles. The van der Waals surface area contributed by atoms with Crippen molar-refractivity contribution in [2.24, 2.45) is 5.73 Å². The van der Waals surface area contributed by atoms with Crippen LogP contribution in [0.2, 0.25) is 0 Å². The molecular weight excluding hydrogens is 422 g/mol. The predicted molar refractivity (Wildman–Crippen MR) is 127 cm³/mol. The van der Waals surface area contributed by atoms with Crippen LogP contribution in [0.1, 0.15) is 12.7 Å². The number of primary amides is 1. The largest absolute Gasteiger partial charge is 0.413 e. The predicted octanol–water partition coefficient (Wildman–Crippen LogP) is 2.90. The molecule has 2 rings (SSSR count). The first-order valence-electron chi connectivity index (χ1n) is 9.07. The van der Waals surface area contributed by atoms with Crippen molar-refractivity contribution < 1.29 is 24.8 Å². The van der Waals surface area contributed by atoms with Crippen LogP contribution in [0.25, 0.3) is 6.08 Å². The van der Waals surface area contributed by atoms with E-state index in [1.165, 1.54) is 12.2 Å². The number of quaternary nitrogens is 1. The maximum Gasteiger partial charge on any atom is 0.292 e. The van der Waals surface area contributed by atoms with E-state index in [0.717, 1.165) is 30.1 Å². The van der Waals surface area contributed by atoms with Gasteiger partial charge in [0.25, 0.3) is 5.88 Å². The molecule has 0 spiro atoms. The lowest BCUT2D eigenvalue weighted by Gasteiger charge is -2.12. The molecule has 166 valence electrons. The Balaban J connectivity index is 0.000000557. The zero-order valence-corrected chi connectivity index (χ0v) is 19.1. The van der Waals surface area contributed by atoms with Crippen LogP contribution in [-0.4, -0.2) is 41.7 Å². The van der Waals surface area contributed by atoms with Crippen molar-refractivity contribution >= 4 is 47.1 Å². The summed E-state index contributed by atoms with van der Waals surface area (Å²) in [5.41, 5.74) is 15.2. The number of aliphatic hydroxyl groups excluding tert-OH is 1. The summed E-state index contributed by atoms with van der Waals surface area (Å²) >= 11 is 3.67. The normalized spacial score (nSPS) is 11.1. The number of amides is 1. The molecule has 7 nitrogen and oxygen atoms in total. The Labute approximate surface area is 186 Å². The lowest BCUT2D eigenvalue weighted by Crippen LogP contribution is -2.39. The number of para-hydroxylation sites is 1. The van der Waals surface area contributed by atoms with Gasteiger partial charge in [-0.25, -0.2) is 0 Å². The fraction of sp³-hybridized carbons (Fsp3) is 0.286. The number of thioether (sulfide) groups is 2. The summed E-state index contributed by atoms with van der Waals surface area (Å²) < 4.78 is 10.8. The zero-order chi connectivity index (χ0) is 22.8. The number of aliphatic hydroxyl groups is 1. The van der Waals surface area contributed by atoms with Gasteiger partial charge in [-0.2, -0.15) is 0 Å². The van der Waals surface area contributed by atoms with Crippen molar-refractivity contribution in [3.63, 3.8) is 0 Å². The van der Waals surface area contributed by atoms with Crippen LogP contribution in [0.4, 0.5) is 11.6 Å². The number of benzene rings is 1. The van der Waals surface area contributed by atoms with Gasteiger partial charge in [0.2, 0.25) is 5.91 Å². The van der Waals surface area contributed by atoms with E-state index in [4.69, 9.17) is 25.7 Å². The number of furan rings is 1. The molecule has 9 heteroatoms. The summed E-state index contributed by atoms with van der Waals surface area (Å²) in [5, 5.41) is 7.00. The van der Waals surface area contributed by atoms with Gasteiger partial charge in [0.1, 0.15) is 5.76 Å². The van der Waals surface area contributed by atoms with Gasteiger partial charge in [0.15, 0.2) is 0 Å². The molecule has 0 radical (unpaired) electrons. The van der Waals surface area contributed by atoms with Crippen molar-refractivity contribution in [1.29, 1.82) is 0 Å². The van der Waals surface area contributed by atoms with Gasteiger partial charge in [-0.1, -0.05) is 18.2 Å². The lowest BCUT2D eigenvalue weighted by atomic mass is 10.3. The highest BCUT2D eigenvalue weighted by molar-refractivity contribution is 8.17. The Hall–Kier alpha value is -2.17. The summed E-state index contributed by atoms with van der Waals surface area (Å²) in [4.78, 5) is 11.4. The Morgan fingerprint density at radius 3 is 2.60 bits per heavy atom. The molecule has 1 amide bonds. The average molecular weight is 455 g/mol. The third-order valence-electron chi connectivity index (χ3n) is 3.12. The van der Waals surface area contributed by atoms with Crippen molar-refractivity contribution in [3.05, 3.63) is 60.9 Å². The van der Waals surface area contributed by atoms with Gasteiger partial charge < -0.3 is 25.7 Å². The zero-order valence-electron chi connectivity index (χ0n) is 17.5. The van der Waals surface area contributed by atoms with E-state index in [2.05, 4.69) is 25.3 Å². The highest BCUT2D eigenvalue weighted by atomic mass is 32.2. The Bertz CT molecular complexity index is 766. The minimum atomic E-state index is -0.494. The van der Waals surface area contributed by atoms with Crippen molar-refractivity contribution in [3.8, 4) is 0 Å². The fourth-order valence-electron chi connectivity index (χ4n) is 1.89. The number of anilines is 1. The van der Waals surface area contributed by atoms with Gasteiger partial charge in [-0.15, -0.1) is 30.1 Å². The molecule has 2 aromatic rings.